The first-order chi connectivity index (χ1) is 16.2. The van der Waals surface area contributed by atoms with Crippen LogP contribution >= 0.6 is 0 Å². The van der Waals surface area contributed by atoms with E-state index >= 15 is 0 Å². The monoisotopic (exact) mass is 467 g/mol. The summed E-state index contributed by atoms with van der Waals surface area (Å²) < 4.78 is 0. The average molecular weight is 468 g/mol. The zero-order valence-corrected chi connectivity index (χ0v) is 21.8. The molecule has 1 aromatic carbocycles. The molecule has 2 aliphatic carbocycles. The molecular weight excluding hydrogens is 422 g/mol. The number of benzene rings is 1. The average Bonchev–Trinajstić information content (AvgIpc) is 2.81. The van der Waals surface area contributed by atoms with Crippen molar-refractivity contribution in [3.8, 4) is 11.5 Å². The van der Waals surface area contributed by atoms with E-state index in [-0.39, 0.29) is 35.2 Å². The van der Waals surface area contributed by atoms with Gasteiger partial charge >= 0.3 is 0 Å². The molecule has 1 aromatic rings. The number of phenolic OH excluding ortho intramolecular Hbond substituents is 2. The Morgan fingerprint density at radius 3 is 2.50 bits per heavy atom. The van der Waals surface area contributed by atoms with Crippen LogP contribution in [0.2, 0.25) is 0 Å². The summed E-state index contributed by atoms with van der Waals surface area (Å²) in [5.41, 5.74) is 4.71. The highest BCUT2D eigenvalue weighted by Crippen LogP contribution is 2.48. The SMILES string of the molecule is C=C(C)C1CCC(C)=CC1c1c(O)cc(CCCCC)c(CN(C)C(=O)C2CCCCC2)c1O. The molecule has 2 N–H and O–H groups in total. The number of phenols is 2. The number of carbonyl (C=O) groups excluding carboxylic acids is 1. The van der Waals surface area contributed by atoms with Gasteiger partial charge in [-0.25, -0.2) is 0 Å². The molecule has 1 fully saturated rings. The molecular formula is C30H45NO3. The van der Waals surface area contributed by atoms with E-state index in [0.29, 0.717) is 12.1 Å². The van der Waals surface area contributed by atoms with Crippen molar-refractivity contribution in [1.29, 1.82) is 0 Å². The van der Waals surface area contributed by atoms with Crippen LogP contribution in [0.3, 0.4) is 0 Å². The summed E-state index contributed by atoms with van der Waals surface area (Å²) in [6, 6.07) is 1.85. The molecule has 3 rings (SSSR count). The van der Waals surface area contributed by atoms with E-state index in [1.165, 1.54) is 12.0 Å². The van der Waals surface area contributed by atoms with E-state index in [2.05, 4.69) is 26.5 Å². The van der Waals surface area contributed by atoms with Gasteiger partial charge in [0.15, 0.2) is 0 Å². The minimum absolute atomic E-state index is 0.0951. The van der Waals surface area contributed by atoms with Gasteiger partial charge in [-0.2, -0.15) is 0 Å². The van der Waals surface area contributed by atoms with Gasteiger partial charge in [0.2, 0.25) is 5.91 Å². The van der Waals surface area contributed by atoms with E-state index in [0.717, 1.165) is 80.9 Å². The normalized spacial score (nSPS) is 21.2. The van der Waals surface area contributed by atoms with E-state index < -0.39 is 0 Å². The zero-order chi connectivity index (χ0) is 24.8. The number of aryl methyl sites for hydroxylation is 1. The van der Waals surface area contributed by atoms with Crippen molar-refractivity contribution in [2.24, 2.45) is 11.8 Å². The number of hydrogen-bond acceptors (Lipinski definition) is 3. The number of nitrogens with zero attached hydrogens (tertiary/aromatic N) is 1. The number of amides is 1. The van der Waals surface area contributed by atoms with Crippen LogP contribution in [0.5, 0.6) is 11.5 Å². The molecule has 2 unspecified atom stereocenters. The third kappa shape index (κ3) is 6.06. The smallest absolute Gasteiger partial charge is 0.225 e. The van der Waals surface area contributed by atoms with Crippen molar-refractivity contribution in [3.05, 3.63) is 46.6 Å². The number of rotatable bonds is 9. The maximum absolute atomic E-state index is 13.2. The highest BCUT2D eigenvalue weighted by atomic mass is 16.3. The summed E-state index contributed by atoms with van der Waals surface area (Å²) in [7, 11) is 1.86. The largest absolute Gasteiger partial charge is 0.507 e. The van der Waals surface area contributed by atoms with Gasteiger partial charge in [0.1, 0.15) is 11.5 Å². The Labute approximate surface area is 206 Å². The lowest BCUT2D eigenvalue weighted by atomic mass is 9.73. The number of hydrogen-bond donors (Lipinski definition) is 2. The van der Waals surface area contributed by atoms with Crippen LogP contribution in [0.4, 0.5) is 0 Å². The fourth-order valence-corrected chi connectivity index (χ4v) is 5.94. The second kappa shape index (κ2) is 12.0. The van der Waals surface area contributed by atoms with Crippen molar-refractivity contribution in [2.75, 3.05) is 7.05 Å². The number of unbranched alkanes of at least 4 members (excludes halogenated alkanes) is 2. The van der Waals surface area contributed by atoms with Crippen LogP contribution in [0, 0.1) is 11.8 Å². The second-order valence-corrected chi connectivity index (χ2v) is 10.8. The van der Waals surface area contributed by atoms with Crippen LogP contribution in [-0.4, -0.2) is 28.1 Å². The molecule has 2 atom stereocenters. The maximum atomic E-state index is 13.2. The number of allylic oxidation sites excluding steroid dienone is 3. The van der Waals surface area contributed by atoms with Crippen LogP contribution in [-0.2, 0) is 17.8 Å². The Morgan fingerprint density at radius 2 is 1.85 bits per heavy atom. The third-order valence-corrected chi connectivity index (χ3v) is 8.00. The highest BCUT2D eigenvalue weighted by Gasteiger charge is 2.32. The van der Waals surface area contributed by atoms with Crippen LogP contribution < -0.4 is 0 Å². The summed E-state index contributed by atoms with van der Waals surface area (Å²) in [6.45, 7) is 10.9. The minimum Gasteiger partial charge on any atom is -0.507 e. The first-order valence-corrected chi connectivity index (χ1v) is 13.4. The molecule has 2 aliphatic rings. The zero-order valence-electron chi connectivity index (χ0n) is 21.8. The van der Waals surface area contributed by atoms with E-state index in [1.54, 1.807) is 4.90 Å². The third-order valence-electron chi connectivity index (χ3n) is 8.00. The molecule has 0 saturated heterocycles. The lowest BCUT2D eigenvalue weighted by Crippen LogP contribution is -2.34. The molecule has 4 heteroatoms. The Kier molecular flexibility index (Phi) is 9.27. The first kappa shape index (κ1) is 26.4. The Hall–Kier alpha value is -2.23. The van der Waals surface area contributed by atoms with Crippen molar-refractivity contribution in [2.45, 2.75) is 104 Å². The molecule has 0 aromatic heterocycles. The molecule has 0 heterocycles. The number of aromatic hydroxyl groups is 2. The summed E-state index contributed by atoms with van der Waals surface area (Å²) in [5, 5.41) is 22.8. The molecule has 34 heavy (non-hydrogen) atoms. The van der Waals surface area contributed by atoms with E-state index in [4.69, 9.17) is 0 Å². The quantitative estimate of drug-likeness (QED) is 0.294. The maximum Gasteiger partial charge on any atom is 0.225 e. The van der Waals surface area contributed by atoms with Crippen LogP contribution in [0.15, 0.2) is 29.9 Å². The number of carbonyl (C=O) groups is 1. The standard InChI is InChI=1S/C30H45NO3/c1-6-7-9-14-23-18-27(32)28(25-17-21(4)15-16-24(25)20(2)3)29(33)26(23)19-31(5)30(34)22-12-10-8-11-13-22/h17-18,22,24-25,32-33H,2,6-16,19H2,1,3-5H3. The molecule has 1 amide bonds. The Bertz CT molecular complexity index is 910. The Morgan fingerprint density at radius 1 is 1.15 bits per heavy atom. The topological polar surface area (TPSA) is 60.8 Å². The van der Waals surface area contributed by atoms with Gasteiger partial charge in [-0.05, 0) is 69.9 Å². The predicted octanol–water partition coefficient (Wildman–Crippen LogP) is 7.39. The van der Waals surface area contributed by atoms with Gasteiger partial charge in [-0.1, -0.05) is 62.8 Å². The van der Waals surface area contributed by atoms with Gasteiger partial charge in [-0.3, -0.25) is 4.79 Å². The van der Waals surface area contributed by atoms with Crippen molar-refractivity contribution >= 4 is 5.91 Å². The van der Waals surface area contributed by atoms with Gasteiger partial charge in [-0.15, -0.1) is 0 Å². The summed E-state index contributed by atoms with van der Waals surface area (Å²) in [4.78, 5) is 15.0. The van der Waals surface area contributed by atoms with Gasteiger partial charge < -0.3 is 15.1 Å². The Balaban J connectivity index is 2.00. The van der Waals surface area contributed by atoms with E-state index in [9.17, 15) is 15.0 Å². The van der Waals surface area contributed by atoms with Crippen LogP contribution in [0.1, 0.15) is 108 Å². The molecule has 0 spiro atoms. The molecule has 1 saturated carbocycles. The van der Waals surface area contributed by atoms with Crippen molar-refractivity contribution in [3.63, 3.8) is 0 Å². The summed E-state index contributed by atoms with van der Waals surface area (Å²) >= 11 is 0. The van der Waals surface area contributed by atoms with Gasteiger partial charge in [0.05, 0.1) is 0 Å². The molecule has 0 bridgehead atoms. The minimum atomic E-state index is -0.103. The van der Waals surface area contributed by atoms with Crippen molar-refractivity contribution in [1.82, 2.24) is 4.90 Å². The van der Waals surface area contributed by atoms with Crippen LogP contribution in [0.25, 0.3) is 0 Å². The summed E-state index contributed by atoms with van der Waals surface area (Å²) in [6.07, 6.45) is 13.6. The van der Waals surface area contributed by atoms with E-state index in [1.807, 2.05) is 20.0 Å². The molecule has 0 radical (unpaired) electrons. The second-order valence-electron chi connectivity index (χ2n) is 10.8. The first-order valence-electron chi connectivity index (χ1n) is 13.4. The van der Waals surface area contributed by atoms with Gasteiger partial charge in [0, 0.05) is 36.6 Å². The van der Waals surface area contributed by atoms with Gasteiger partial charge in [0.25, 0.3) is 0 Å². The molecule has 4 nitrogen and oxygen atoms in total. The molecule has 0 aliphatic heterocycles. The molecule has 188 valence electrons. The van der Waals surface area contributed by atoms with Crippen molar-refractivity contribution < 1.29 is 15.0 Å². The lowest BCUT2D eigenvalue weighted by Gasteiger charge is -2.33. The summed E-state index contributed by atoms with van der Waals surface area (Å²) in [5.74, 6) is 0.683. The highest BCUT2D eigenvalue weighted by molar-refractivity contribution is 5.79. The fourth-order valence-electron chi connectivity index (χ4n) is 5.94. The predicted molar refractivity (Wildman–Crippen MR) is 140 cm³/mol. The lowest BCUT2D eigenvalue weighted by molar-refractivity contribution is -0.135. The fraction of sp³-hybridized carbons (Fsp3) is 0.633.